The first-order valence-electron chi connectivity index (χ1n) is 11.6. The van der Waals surface area contributed by atoms with Crippen molar-refractivity contribution in [2.75, 3.05) is 20.8 Å². The number of nitrogens with zero attached hydrogens (tertiary/aromatic N) is 2. The van der Waals surface area contributed by atoms with Gasteiger partial charge in [0.15, 0.2) is 17.3 Å². The molecule has 1 atom stereocenters. The van der Waals surface area contributed by atoms with Crippen LogP contribution in [0.1, 0.15) is 27.4 Å². The number of aromatic nitrogens is 3. The van der Waals surface area contributed by atoms with Crippen molar-refractivity contribution in [2.24, 2.45) is 0 Å². The molecule has 36 heavy (non-hydrogen) atoms. The number of rotatable bonds is 8. The van der Waals surface area contributed by atoms with E-state index in [1.54, 1.807) is 26.6 Å². The molecule has 1 unspecified atom stereocenters. The van der Waals surface area contributed by atoms with Gasteiger partial charge >= 0.3 is 0 Å². The standard InChI is InChI=1S/C29H26N4O3/c1-35-26-14-8-12-22(27(26)36-2)24(23-17-30-25-13-7-6-11-21(23)25)18-33-29(34)20-15-31-28(32-16-20)19-9-4-3-5-10-19/h3-17,24,30H,18H2,1-2H3,(H,33,34). The number of fused-ring (bicyclic) bond motifs is 1. The van der Waals surface area contributed by atoms with Gasteiger partial charge in [0.1, 0.15) is 0 Å². The van der Waals surface area contributed by atoms with Crippen LogP contribution in [0, 0.1) is 0 Å². The van der Waals surface area contributed by atoms with E-state index in [9.17, 15) is 4.79 Å². The number of ether oxygens (including phenoxy) is 2. The van der Waals surface area contributed by atoms with Gasteiger partial charge in [-0.05, 0) is 17.7 Å². The molecule has 0 radical (unpaired) electrons. The third-order valence-corrected chi connectivity index (χ3v) is 6.22. The fourth-order valence-corrected chi connectivity index (χ4v) is 4.43. The summed E-state index contributed by atoms with van der Waals surface area (Å²) < 4.78 is 11.3. The molecule has 0 aliphatic heterocycles. The van der Waals surface area contributed by atoms with E-state index in [1.165, 1.54) is 0 Å². The highest BCUT2D eigenvalue weighted by atomic mass is 16.5. The largest absolute Gasteiger partial charge is 0.493 e. The lowest BCUT2D eigenvalue weighted by Gasteiger charge is -2.22. The average Bonchev–Trinajstić information content (AvgIpc) is 3.37. The van der Waals surface area contributed by atoms with Gasteiger partial charge in [-0.3, -0.25) is 4.79 Å². The first-order chi connectivity index (χ1) is 17.7. The number of nitrogens with one attached hydrogen (secondary N) is 2. The summed E-state index contributed by atoms with van der Waals surface area (Å²) in [4.78, 5) is 25.2. The molecule has 0 bridgehead atoms. The van der Waals surface area contributed by atoms with Gasteiger partial charge in [0, 0.05) is 53.1 Å². The van der Waals surface area contributed by atoms with Crippen molar-refractivity contribution in [2.45, 2.75) is 5.92 Å². The van der Waals surface area contributed by atoms with E-state index < -0.39 is 0 Å². The first kappa shape index (κ1) is 23.1. The third-order valence-electron chi connectivity index (χ3n) is 6.22. The van der Waals surface area contributed by atoms with Gasteiger partial charge in [-0.15, -0.1) is 0 Å². The number of carbonyl (C=O) groups excluding carboxylic acids is 1. The lowest BCUT2D eigenvalue weighted by atomic mass is 9.89. The highest BCUT2D eigenvalue weighted by molar-refractivity contribution is 5.94. The second-order valence-corrected chi connectivity index (χ2v) is 8.30. The van der Waals surface area contributed by atoms with Gasteiger partial charge in [-0.1, -0.05) is 60.7 Å². The fourth-order valence-electron chi connectivity index (χ4n) is 4.43. The zero-order chi connectivity index (χ0) is 24.9. The number of carbonyl (C=O) groups is 1. The van der Waals surface area contributed by atoms with E-state index >= 15 is 0 Å². The number of para-hydroxylation sites is 2. The third kappa shape index (κ3) is 4.51. The molecule has 5 aromatic rings. The number of H-pyrrole nitrogens is 1. The minimum Gasteiger partial charge on any atom is -0.493 e. The predicted octanol–water partition coefficient (Wildman–Crippen LogP) is 5.20. The number of aromatic amines is 1. The van der Waals surface area contributed by atoms with Crippen LogP contribution in [-0.2, 0) is 0 Å². The molecule has 0 aliphatic rings. The van der Waals surface area contributed by atoms with E-state index in [0.29, 0.717) is 29.4 Å². The van der Waals surface area contributed by atoms with Crippen molar-refractivity contribution >= 4 is 16.8 Å². The van der Waals surface area contributed by atoms with Crippen LogP contribution in [0.15, 0.2) is 91.4 Å². The Morgan fingerprint density at radius 2 is 1.64 bits per heavy atom. The molecule has 1 amide bonds. The van der Waals surface area contributed by atoms with Crippen LogP contribution in [-0.4, -0.2) is 41.6 Å². The summed E-state index contributed by atoms with van der Waals surface area (Å²) in [5.41, 5.74) is 4.28. The molecule has 0 saturated carbocycles. The SMILES string of the molecule is COc1cccc(C(CNC(=O)c2cnc(-c3ccccc3)nc2)c2c[nH]c3ccccc23)c1OC. The Morgan fingerprint density at radius 3 is 2.39 bits per heavy atom. The van der Waals surface area contributed by atoms with Crippen LogP contribution in [0.4, 0.5) is 0 Å². The number of benzene rings is 3. The van der Waals surface area contributed by atoms with Crippen molar-refractivity contribution in [3.63, 3.8) is 0 Å². The molecular weight excluding hydrogens is 452 g/mol. The summed E-state index contributed by atoms with van der Waals surface area (Å²) in [6, 6.07) is 23.5. The maximum absolute atomic E-state index is 13.1. The maximum atomic E-state index is 13.1. The lowest BCUT2D eigenvalue weighted by molar-refractivity contribution is 0.0951. The van der Waals surface area contributed by atoms with Crippen LogP contribution >= 0.6 is 0 Å². The maximum Gasteiger partial charge on any atom is 0.254 e. The summed E-state index contributed by atoms with van der Waals surface area (Å²) >= 11 is 0. The smallest absolute Gasteiger partial charge is 0.254 e. The molecule has 7 nitrogen and oxygen atoms in total. The van der Waals surface area contributed by atoms with Crippen molar-refractivity contribution in [3.05, 3.63) is 108 Å². The van der Waals surface area contributed by atoms with E-state index in [0.717, 1.165) is 27.6 Å². The number of amides is 1. The molecule has 2 heterocycles. The average molecular weight is 479 g/mol. The molecule has 2 aromatic heterocycles. The zero-order valence-electron chi connectivity index (χ0n) is 20.1. The molecule has 0 saturated heterocycles. The Labute approximate surface area is 209 Å². The Hall–Kier alpha value is -4.65. The normalized spacial score (nSPS) is 11.7. The molecule has 180 valence electrons. The van der Waals surface area contributed by atoms with Crippen molar-refractivity contribution < 1.29 is 14.3 Å². The molecular formula is C29H26N4O3. The summed E-state index contributed by atoms with van der Waals surface area (Å²) in [7, 11) is 3.24. The number of methoxy groups -OCH3 is 2. The highest BCUT2D eigenvalue weighted by Gasteiger charge is 2.24. The van der Waals surface area contributed by atoms with Crippen LogP contribution in [0.2, 0.25) is 0 Å². The Morgan fingerprint density at radius 1 is 0.889 bits per heavy atom. The molecule has 0 fully saturated rings. The molecule has 3 aromatic carbocycles. The number of hydrogen-bond donors (Lipinski definition) is 2. The Kier molecular flexibility index (Phi) is 6.62. The van der Waals surface area contributed by atoms with Crippen molar-refractivity contribution in [1.29, 1.82) is 0 Å². The summed E-state index contributed by atoms with van der Waals surface area (Å²) in [5, 5.41) is 4.15. The molecule has 2 N–H and O–H groups in total. The van der Waals surface area contributed by atoms with Gasteiger partial charge in [0.05, 0.1) is 19.8 Å². The summed E-state index contributed by atoms with van der Waals surface area (Å²) in [6.45, 7) is 0.338. The topological polar surface area (TPSA) is 89.1 Å². The van der Waals surface area contributed by atoms with Crippen molar-refractivity contribution in [1.82, 2.24) is 20.3 Å². The number of hydrogen-bond acceptors (Lipinski definition) is 5. The summed E-state index contributed by atoms with van der Waals surface area (Å²) in [6.07, 6.45) is 5.09. The minimum absolute atomic E-state index is 0.195. The van der Waals surface area contributed by atoms with E-state index in [-0.39, 0.29) is 11.8 Å². The van der Waals surface area contributed by atoms with Gasteiger partial charge in [0.25, 0.3) is 5.91 Å². The van der Waals surface area contributed by atoms with E-state index in [4.69, 9.17) is 9.47 Å². The minimum atomic E-state index is -0.249. The van der Waals surface area contributed by atoms with Crippen LogP contribution < -0.4 is 14.8 Å². The monoisotopic (exact) mass is 478 g/mol. The molecule has 7 heteroatoms. The Balaban J connectivity index is 1.45. The van der Waals surface area contributed by atoms with Crippen LogP contribution in [0.25, 0.3) is 22.3 Å². The summed E-state index contributed by atoms with van der Waals surface area (Å²) in [5.74, 6) is 1.40. The first-order valence-corrected chi connectivity index (χ1v) is 11.6. The highest BCUT2D eigenvalue weighted by Crippen LogP contribution is 2.40. The van der Waals surface area contributed by atoms with Crippen LogP contribution in [0.5, 0.6) is 11.5 Å². The van der Waals surface area contributed by atoms with Gasteiger partial charge in [-0.2, -0.15) is 0 Å². The predicted molar refractivity (Wildman–Crippen MR) is 139 cm³/mol. The molecule has 0 aliphatic carbocycles. The fraction of sp³-hybridized carbons (Fsp3) is 0.138. The molecule has 0 spiro atoms. The van der Waals surface area contributed by atoms with Gasteiger partial charge in [0.2, 0.25) is 0 Å². The van der Waals surface area contributed by atoms with Gasteiger partial charge < -0.3 is 19.8 Å². The van der Waals surface area contributed by atoms with E-state index in [2.05, 4.69) is 26.3 Å². The van der Waals surface area contributed by atoms with Gasteiger partial charge in [-0.25, -0.2) is 9.97 Å². The Bertz CT molecular complexity index is 1480. The molecule has 5 rings (SSSR count). The van der Waals surface area contributed by atoms with E-state index in [1.807, 2.05) is 72.9 Å². The van der Waals surface area contributed by atoms with Crippen LogP contribution in [0.3, 0.4) is 0 Å². The second-order valence-electron chi connectivity index (χ2n) is 8.30. The van der Waals surface area contributed by atoms with Crippen molar-refractivity contribution in [3.8, 4) is 22.9 Å². The second kappa shape index (κ2) is 10.3. The lowest BCUT2D eigenvalue weighted by Crippen LogP contribution is -2.29. The quantitative estimate of drug-likeness (QED) is 0.320. The zero-order valence-corrected chi connectivity index (χ0v) is 20.1.